The van der Waals surface area contributed by atoms with Gasteiger partial charge in [0.25, 0.3) is 0 Å². The predicted molar refractivity (Wildman–Crippen MR) is 57.2 cm³/mol. The molecule has 1 aliphatic rings. The maximum absolute atomic E-state index is 9.96. The maximum atomic E-state index is 9.96. The summed E-state index contributed by atoms with van der Waals surface area (Å²) in [4.78, 5) is 0. The third-order valence-electron chi connectivity index (χ3n) is 2.33. The molecule has 0 aliphatic carbocycles. The standard InChI is InChI=1S/C9H13NOS2/c11-9(7-4-6-13-10-7)8-3-1-2-5-12-8/h4,6,8-9,11H,1-3,5H2. The summed E-state index contributed by atoms with van der Waals surface area (Å²) < 4.78 is 4.17. The van der Waals surface area contributed by atoms with Crippen molar-refractivity contribution in [3.8, 4) is 0 Å². The van der Waals surface area contributed by atoms with Crippen LogP contribution in [0.5, 0.6) is 0 Å². The fraction of sp³-hybridized carbons (Fsp3) is 0.667. The summed E-state index contributed by atoms with van der Waals surface area (Å²) in [5.41, 5.74) is 0.851. The van der Waals surface area contributed by atoms with E-state index in [9.17, 15) is 5.11 Å². The zero-order valence-electron chi connectivity index (χ0n) is 7.35. The summed E-state index contributed by atoms with van der Waals surface area (Å²) in [7, 11) is 0. The largest absolute Gasteiger partial charge is 0.386 e. The molecule has 1 N–H and O–H groups in total. The van der Waals surface area contributed by atoms with Gasteiger partial charge in [0.1, 0.15) is 6.10 Å². The molecule has 2 nitrogen and oxygen atoms in total. The first-order chi connectivity index (χ1) is 6.38. The minimum Gasteiger partial charge on any atom is -0.386 e. The van der Waals surface area contributed by atoms with E-state index in [0.29, 0.717) is 5.25 Å². The number of aliphatic hydroxyl groups excluding tert-OH is 1. The molecule has 2 rings (SSSR count). The third-order valence-corrected chi connectivity index (χ3v) is 4.35. The van der Waals surface area contributed by atoms with E-state index in [0.717, 1.165) is 12.1 Å². The van der Waals surface area contributed by atoms with Gasteiger partial charge in [-0.3, -0.25) is 0 Å². The van der Waals surface area contributed by atoms with E-state index >= 15 is 0 Å². The summed E-state index contributed by atoms with van der Waals surface area (Å²) in [6, 6.07) is 1.92. The molecular weight excluding hydrogens is 202 g/mol. The molecule has 1 aromatic heterocycles. The second-order valence-electron chi connectivity index (χ2n) is 3.27. The van der Waals surface area contributed by atoms with Crippen molar-refractivity contribution in [1.29, 1.82) is 0 Å². The van der Waals surface area contributed by atoms with Crippen LogP contribution >= 0.6 is 23.3 Å². The van der Waals surface area contributed by atoms with Gasteiger partial charge >= 0.3 is 0 Å². The molecule has 2 unspecified atom stereocenters. The first kappa shape index (κ1) is 9.49. The zero-order valence-corrected chi connectivity index (χ0v) is 8.98. The third kappa shape index (κ3) is 2.24. The normalized spacial score (nSPS) is 25.8. The van der Waals surface area contributed by atoms with Crippen molar-refractivity contribution in [2.75, 3.05) is 5.75 Å². The molecular formula is C9H13NOS2. The second kappa shape index (κ2) is 4.44. The number of hydrogen-bond donors (Lipinski definition) is 1. The Morgan fingerprint density at radius 1 is 1.54 bits per heavy atom. The smallest absolute Gasteiger partial charge is 0.109 e. The monoisotopic (exact) mass is 215 g/mol. The molecule has 13 heavy (non-hydrogen) atoms. The predicted octanol–water partition coefficient (Wildman–Crippen LogP) is 2.46. The molecule has 72 valence electrons. The molecule has 0 amide bonds. The molecule has 1 aliphatic heterocycles. The van der Waals surface area contributed by atoms with Gasteiger partial charge in [0.05, 0.1) is 5.69 Å². The van der Waals surface area contributed by atoms with Crippen LogP contribution in [0.3, 0.4) is 0 Å². The Bertz CT molecular complexity index is 244. The van der Waals surface area contributed by atoms with Crippen LogP contribution in [-0.4, -0.2) is 20.5 Å². The molecule has 1 aromatic rings. The lowest BCUT2D eigenvalue weighted by Crippen LogP contribution is -2.19. The van der Waals surface area contributed by atoms with Crippen LogP contribution in [-0.2, 0) is 0 Å². The van der Waals surface area contributed by atoms with Crippen LogP contribution in [0.25, 0.3) is 0 Å². The van der Waals surface area contributed by atoms with Crippen molar-refractivity contribution < 1.29 is 5.11 Å². The topological polar surface area (TPSA) is 33.1 Å². The van der Waals surface area contributed by atoms with Crippen LogP contribution < -0.4 is 0 Å². The van der Waals surface area contributed by atoms with Gasteiger partial charge in [0.15, 0.2) is 0 Å². The van der Waals surface area contributed by atoms with E-state index in [1.807, 2.05) is 23.2 Å². The highest BCUT2D eigenvalue weighted by atomic mass is 32.2. The average Bonchev–Trinajstić information content (AvgIpc) is 2.71. The van der Waals surface area contributed by atoms with Crippen molar-refractivity contribution in [2.24, 2.45) is 0 Å². The highest BCUT2D eigenvalue weighted by Gasteiger charge is 2.24. The lowest BCUT2D eigenvalue weighted by Gasteiger charge is -2.24. The molecule has 2 atom stereocenters. The van der Waals surface area contributed by atoms with Crippen LogP contribution in [0.2, 0.25) is 0 Å². The molecule has 1 saturated heterocycles. The summed E-state index contributed by atoms with van der Waals surface area (Å²) in [6.07, 6.45) is 3.32. The summed E-state index contributed by atoms with van der Waals surface area (Å²) >= 11 is 3.30. The Balaban J connectivity index is 1.99. The van der Waals surface area contributed by atoms with Gasteiger partial charge in [0.2, 0.25) is 0 Å². The first-order valence-corrected chi connectivity index (χ1v) is 6.46. The fourth-order valence-electron chi connectivity index (χ4n) is 1.58. The molecule has 0 spiro atoms. The highest BCUT2D eigenvalue weighted by molar-refractivity contribution is 7.99. The van der Waals surface area contributed by atoms with Crippen molar-refractivity contribution in [2.45, 2.75) is 30.6 Å². The Labute approximate surface area is 86.5 Å². The van der Waals surface area contributed by atoms with Crippen LogP contribution in [0.4, 0.5) is 0 Å². The quantitative estimate of drug-likeness (QED) is 0.822. The fourth-order valence-corrected chi connectivity index (χ4v) is 3.46. The molecule has 0 aromatic carbocycles. The minimum atomic E-state index is -0.350. The number of thioether (sulfide) groups is 1. The Morgan fingerprint density at radius 2 is 2.46 bits per heavy atom. The van der Waals surface area contributed by atoms with Gasteiger partial charge in [-0.15, -0.1) is 0 Å². The Kier molecular flexibility index (Phi) is 3.24. The SMILES string of the molecule is OC(c1ccsn1)C1CCCCS1. The molecule has 0 bridgehead atoms. The molecule has 1 fully saturated rings. The Morgan fingerprint density at radius 3 is 3.08 bits per heavy atom. The minimum absolute atomic E-state index is 0.350. The van der Waals surface area contributed by atoms with Crippen LogP contribution in [0, 0.1) is 0 Å². The van der Waals surface area contributed by atoms with E-state index in [1.165, 1.54) is 30.1 Å². The van der Waals surface area contributed by atoms with E-state index < -0.39 is 0 Å². The maximum Gasteiger partial charge on any atom is 0.109 e. The average molecular weight is 215 g/mol. The van der Waals surface area contributed by atoms with Crippen molar-refractivity contribution in [3.63, 3.8) is 0 Å². The van der Waals surface area contributed by atoms with Crippen molar-refractivity contribution in [1.82, 2.24) is 4.37 Å². The van der Waals surface area contributed by atoms with Gasteiger partial charge in [-0.05, 0) is 36.2 Å². The molecule has 2 heterocycles. The van der Waals surface area contributed by atoms with Gasteiger partial charge in [-0.2, -0.15) is 16.1 Å². The van der Waals surface area contributed by atoms with Gasteiger partial charge in [-0.25, -0.2) is 0 Å². The molecule has 0 radical (unpaired) electrons. The van der Waals surface area contributed by atoms with E-state index in [-0.39, 0.29) is 6.10 Å². The van der Waals surface area contributed by atoms with Crippen LogP contribution in [0.15, 0.2) is 11.4 Å². The second-order valence-corrected chi connectivity index (χ2v) is 5.29. The molecule has 4 heteroatoms. The first-order valence-electron chi connectivity index (χ1n) is 4.58. The number of aliphatic hydroxyl groups is 1. The van der Waals surface area contributed by atoms with E-state index in [2.05, 4.69) is 4.37 Å². The van der Waals surface area contributed by atoms with Gasteiger partial charge < -0.3 is 5.11 Å². The van der Waals surface area contributed by atoms with E-state index in [4.69, 9.17) is 0 Å². The van der Waals surface area contributed by atoms with Crippen LogP contribution in [0.1, 0.15) is 31.1 Å². The summed E-state index contributed by atoms with van der Waals surface area (Å²) in [6.45, 7) is 0. The Hall–Kier alpha value is -0.0600. The van der Waals surface area contributed by atoms with Gasteiger partial charge in [0, 0.05) is 10.6 Å². The lowest BCUT2D eigenvalue weighted by atomic mass is 10.1. The summed E-state index contributed by atoms with van der Waals surface area (Å²) in [5, 5.41) is 12.3. The number of nitrogens with zero attached hydrogens (tertiary/aromatic N) is 1. The molecule has 0 saturated carbocycles. The highest BCUT2D eigenvalue weighted by Crippen LogP contribution is 2.34. The van der Waals surface area contributed by atoms with Crippen molar-refractivity contribution >= 4 is 23.3 Å². The lowest BCUT2D eigenvalue weighted by molar-refractivity contribution is 0.165. The number of aromatic nitrogens is 1. The van der Waals surface area contributed by atoms with Crippen molar-refractivity contribution in [3.05, 3.63) is 17.1 Å². The van der Waals surface area contributed by atoms with Gasteiger partial charge in [-0.1, -0.05) is 6.42 Å². The zero-order chi connectivity index (χ0) is 9.10. The number of hydrogen-bond acceptors (Lipinski definition) is 4. The summed E-state index contributed by atoms with van der Waals surface area (Å²) in [5.74, 6) is 1.19. The number of rotatable bonds is 2. The van der Waals surface area contributed by atoms with E-state index in [1.54, 1.807) is 0 Å².